The van der Waals surface area contributed by atoms with Crippen molar-refractivity contribution >= 4 is 0 Å². The molecule has 0 saturated heterocycles. The molecule has 0 spiro atoms. The summed E-state index contributed by atoms with van der Waals surface area (Å²) in [6.07, 6.45) is 17.5. The number of hydrogen-bond acceptors (Lipinski definition) is 2. The van der Waals surface area contributed by atoms with E-state index in [0.29, 0.717) is 10.8 Å². The van der Waals surface area contributed by atoms with E-state index in [1.807, 2.05) is 0 Å². The van der Waals surface area contributed by atoms with Crippen molar-refractivity contribution in [2.45, 2.75) is 87.9 Å². The molecule has 2 nitrogen and oxygen atoms in total. The standard InChI is InChI=1S/C24H32N2/c1-2-22(24-12-18-6-19(13-24)8-20(7-18)14-24)26-25-21(1)23-9-15-3-16(10-23)5-17(4-15)11-23/h1-2,15-20H,3-14H2. The van der Waals surface area contributed by atoms with Gasteiger partial charge in [0.15, 0.2) is 0 Å². The minimum atomic E-state index is 0.405. The van der Waals surface area contributed by atoms with E-state index >= 15 is 0 Å². The Morgan fingerprint density at radius 2 is 0.769 bits per heavy atom. The fraction of sp³-hybridized carbons (Fsp3) is 0.833. The first-order valence-corrected chi connectivity index (χ1v) is 11.5. The first-order chi connectivity index (χ1) is 12.7. The van der Waals surface area contributed by atoms with Crippen molar-refractivity contribution in [2.75, 3.05) is 0 Å². The summed E-state index contributed by atoms with van der Waals surface area (Å²) >= 11 is 0. The van der Waals surface area contributed by atoms with E-state index in [0.717, 1.165) is 35.5 Å². The Balaban J connectivity index is 1.22. The number of aromatic nitrogens is 2. The minimum absolute atomic E-state index is 0.405. The van der Waals surface area contributed by atoms with Crippen molar-refractivity contribution in [1.29, 1.82) is 0 Å². The predicted octanol–water partition coefficient (Wildman–Crippen LogP) is 5.41. The van der Waals surface area contributed by atoms with Gasteiger partial charge in [0.1, 0.15) is 0 Å². The molecule has 2 heteroatoms. The van der Waals surface area contributed by atoms with Gasteiger partial charge in [-0.25, -0.2) is 0 Å². The van der Waals surface area contributed by atoms with Gasteiger partial charge in [-0.1, -0.05) is 0 Å². The highest BCUT2D eigenvalue weighted by molar-refractivity contribution is 5.27. The van der Waals surface area contributed by atoms with Gasteiger partial charge in [-0.05, 0) is 125 Å². The molecule has 0 amide bonds. The third-order valence-corrected chi connectivity index (χ3v) is 9.83. The van der Waals surface area contributed by atoms with Gasteiger partial charge in [0.25, 0.3) is 0 Å². The molecule has 138 valence electrons. The Hall–Kier alpha value is -0.920. The van der Waals surface area contributed by atoms with Crippen molar-refractivity contribution in [1.82, 2.24) is 10.2 Å². The number of rotatable bonds is 2. The topological polar surface area (TPSA) is 25.8 Å². The van der Waals surface area contributed by atoms with E-state index in [1.54, 1.807) is 0 Å². The number of nitrogens with zero attached hydrogens (tertiary/aromatic N) is 2. The van der Waals surface area contributed by atoms with Crippen LogP contribution in [-0.4, -0.2) is 10.2 Å². The van der Waals surface area contributed by atoms with Crippen LogP contribution in [0.1, 0.15) is 88.4 Å². The predicted molar refractivity (Wildman–Crippen MR) is 102 cm³/mol. The van der Waals surface area contributed by atoms with E-state index in [2.05, 4.69) is 12.1 Å². The largest absolute Gasteiger partial charge is 0.155 e. The highest BCUT2D eigenvalue weighted by Gasteiger charge is 2.54. The van der Waals surface area contributed by atoms with E-state index < -0.39 is 0 Å². The van der Waals surface area contributed by atoms with Gasteiger partial charge in [0.2, 0.25) is 0 Å². The lowest BCUT2D eigenvalue weighted by atomic mass is 9.48. The maximum absolute atomic E-state index is 4.98. The highest BCUT2D eigenvalue weighted by Crippen LogP contribution is 2.62. The van der Waals surface area contributed by atoms with Crippen LogP contribution in [-0.2, 0) is 10.8 Å². The zero-order valence-corrected chi connectivity index (χ0v) is 16.0. The molecule has 8 fully saturated rings. The molecule has 0 radical (unpaired) electrons. The molecule has 0 aromatic carbocycles. The molecule has 9 rings (SSSR count). The molecule has 26 heavy (non-hydrogen) atoms. The van der Waals surface area contributed by atoms with Crippen molar-refractivity contribution in [2.24, 2.45) is 35.5 Å². The van der Waals surface area contributed by atoms with Crippen LogP contribution in [0.25, 0.3) is 0 Å². The third kappa shape index (κ3) is 2.00. The molecule has 0 N–H and O–H groups in total. The second-order valence-electron chi connectivity index (χ2n) is 11.7. The third-order valence-electron chi connectivity index (χ3n) is 9.83. The average Bonchev–Trinajstić information content (AvgIpc) is 2.60. The summed E-state index contributed by atoms with van der Waals surface area (Å²) in [5, 5.41) is 9.95. The molecule has 1 aromatic heterocycles. The van der Waals surface area contributed by atoms with Crippen LogP contribution in [0.15, 0.2) is 12.1 Å². The first-order valence-electron chi connectivity index (χ1n) is 11.5. The second-order valence-corrected chi connectivity index (χ2v) is 11.7. The van der Waals surface area contributed by atoms with Gasteiger partial charge >= 0.3 is 0 Å². The van der Waals surface area contributed by atoms with Gasteiger partial charge in [-0.3, -0.25) is 0 Å². The van der Waals surface area contributed by atoms with Gasteiger partial charge in [-0.15, -0.1) is 0 Å². The van der Waals surface area contributed by atoms with Crippen molar-refractivity contribution in [3.05, 3.63) is 23.5 Å². The van der Waals surface area contributed by atoms with E-state index in [1.165, 1.54) is 88.4 Å². The van der Waals surface area contributed by atoms with Crippen molar-refractivity contribution < 1.29 is 0 Å². The highest BCUT2D eigenvalue weighted by atomic mass is 15.1. The van der Waals surface area contributed by atoms with Crippen LogP contribution in [0, 0.1) is 35.5 Å². The van der Waals surface area contributed by atoms with Gasteiger partial charge in [-0.2, -0.15) is 10.2 Å². The Labute approximate surface area is 157 Å². The molecular formula is C24H32N2. The Bertz CT molecular complexity index is 600. The molecule has 0 unspecified atom stereocenters. The zero-order chi connectivity index (χ0) is 16.9. The van der Waals surface area contributed by atoms with E-state index in [4.69, 9.17) is 10.2 Å². The van der Waals surface area contributed by atoms with Crippen LogP contribution >= 0.6 is 0 Å². The van der Waals surface area contributed by atoms with E-state index in [-0.39, 0.29) is 0 Å². The summed E-state index contributed by atoms with van der Waals surface area (Å²) in [7, 11) is 0. The lowest BCUT2D eigenvalue weighted by Crippen LogP contribution is -2.50. The summed E-state index contributed by atoms with van der Waals surface area (Å²) in [5.74, 6) is 5.95. The monoisotopic (exact) mass is 348 g/mol. The normalized spacial score (nSPS) is 53.4. The van der Waals surface area contributed by atoms with Crippen LogP contribution in [0.3, 0.4) is 0 Å². The van der Waals surface area contributed by atoms with Crippen LogP contribution in [0.2, 0.25) is 0 Å². The molecular weight excluding hydrogens is 316 g/mol. The smallest absolute Gasteiger partial charge is 0.0693 e. The Morgan fingerprint density at radius 1 is 0.500 bits per heavy atom. The molecule has 8 bridgehead atoms. The second kappa shape index (κ2) is 4.92. The van der Waals surface area contributed by atoms with Gasteiger partial charge in [0, 0.05) is 10.8 Å². The summed E-state index contributed by atoms with van der Waals surface area (Å²) in [4.78, 5) is 0. The SMILES string of the molecule is c1cc(C23CC4CC(CC(C4)C2)C3)nnc1C12CC3CC(CC(C3)C1)C2. The summed E-state index contributed by atoms with van der Waals surface area (Å²) in [6, 6.07) is 4.88. The van der Waals surface area contributed by atoms with Crippen LogP contribution < -0.4 is 0 Å². The van der Waals surface area contributed by atoms with Gasteiger partial charge < -0.3 is 0 Å². The summed E-state index contributed by atoms with van der Waals surface area (Å²) < 4.78 is 0. The average molecular weight is 349 g/mol. The first kappa shape index (κ1) is 15.1. The summed E-state index contributed by atoms with van der Waals surface area (Å²) in [6.45, 7) is 0. The number of hydrogen-bond donors (Lipinski definition) is 0. The lowest BCUT2D eigenvalue weighted by Gasteiger charge is -2.57. The molecule has 0 atom stereocenters. The van der Waals surface area contributed by atoms with Gasteiger partial charge in [0.05, 0.1) is 11.4 Å². The fourth-order valence-corrected chi connectivity index (χ4v) is 9.75. The zero-order valence-electron chi connectivity index (χ0n) is 16.0. The van der Waals surface area contributed by atoms with Crippen LogP contribution in [0.4, 0.5) is 0 Å². The van der Waals surface area contributed by atoms with Crippen molar-refractivity contribution in [3.63, 3.8) is 0 Å². The van der Waals surface area contributed by atoms with E-state index in [9.17, 15) is 0 Å². The quantitative estimate of drug-likeness (QED) is 0.714. The lowest BCUT2D eigenvalue weighted by molar-refractivity contribution is -0.0108. The molecule has 1 aromatic rings. The fourth-order valence-electron chi connectivity index (χ4n) is 9.75. The summed E-state index contributed by atoms with van der Waals surface area (Å²) in [5.41, 5.74) is 3.54. The molecule has 8 aliphatic rings. The Morgan fingerprint density at radius 3 is 1.00 bits per heavy atom. The maximum Gasteiger partial charge on any atom is 0.0693 e. The molecule has 8 saturated carbocycles. The molecule has 0 aliphatic heterocycles. The van der Waals surface area contributed by atoms with Crippen LogP contribution in [0.5, 0.6) is 0 Å². The molecule has 1 heterocycles. The minimum Gasteiger partial charge on any atom is -0.155 e. The molecule has 8 aliphatic carbocycles. The van der Waals surface area contributed by atoms with Crippen molar-refractivity contribution in [3.8, 4) is 0 Å². The maximum atomic E-state index is 4.98. The Kier molecular flexibility index (Phi) is 2.85.